The van der Waals surface area contributed by atoms with Gasteiger partial charge in [0.05, 0.1) is 11.8 Å². The van der Waals surface area contributed by atoms with Gasteiger partial charge in [-0.15, -0.1) is 10.2 Å². The van der Waals surface area contributed by atoms with Crippen molar-refractivity contribution in [2.24, 2.45) is 7.05 Å². The number of carbonyl (C=O) groups excluding carboxylic acids is 1. The summed E-state index contributed by atoms with van der Waals surface area (Å²) in [5.74, 6) is -0.204. The normalized spacial score (nSPS) is 19.7. The molecule has 140 valence electrons. The van der Waals surface area contributed by atoms with Crippen molar-refractivity contribution in [2.45, 2.75) is 38.1 Å². The Balaban J connectivity index is 1.31. The van der Waals surface area contributed by atoms with Crippen molar-refractivity contribution < 1.29 is 4.79 Å². The van der Waals surface area contributed by atoms with Crippen LogP contribution in [-0.4, -0.2) is 63.0 Å². The standard InChI is InChI=1S/C17H25N7OS/c1-22-12-13(11-18-22)15(25)19-16-20-21-17(26-16)24-9-5-14(6-10-24)23-7-3-2-4-8-23/h11-12,14H,2-10H2,1H3,(H,19,20,25). The monoisotopic (exact) mass is 375 g/mol. The van der Waals surface area contributed by atoms with Gasteiger partial charge >= 0.3 is 0 Å². The number of piperidine rings is 2. The van der Waals surface area contributed by atoms with E-state index in [9.17, 15) is 4.79 Å². The SMILES string of the molecule is Cn1cc(C(=O)Nc2nnc(N3CCC(N4CCCCC4)CC3)s2)cn1. The Kier molecular flexibility index (Phi) is 5.16. The lowest BCUT2D eigenvalue weighted by Gasteiger charge is -2.40. The zero-order valence-corrected chi connectivity index (χ0v) is 15.9. The van der Waals surface area contributed by atoms with Gasteiger partial charge in [-0.2, -0.15) is 5.10 Å². The van der Waals surface area contributed by atoms with Gasteiger partial charge in [0.25, 0.3) is 5.91 Å². The van der Waals surface area contributed by atoms with E-state index in [1.54, 1.807) is 24.1 Å². The van der Waals surface area contributed by atoms with Crippen molar-refractivity contribution in [3.8, 4) is 0 Å². The zero-order valence-electron chi connectivity index (χ0n) is 15.1. The van der Waals surface area contributed by atoms with E-state index in [0.29, 0.717) is 16.7 Å². The molecule has 4 rings (SSSR count). The highest BCUT2D eigenvalue weighted by Crippen LogP contribution is 2.29. The van der Waals surface area contributed by atoms with Crippen LogP contribution in [0.4, 0.5) is 10.3 Å². The number of hydrogen-bond donors (Lipinski definition) is 1. The van der Waals surface area contributed by atoms with Gasteiger partial charge in [-0.3, -0.25) is 14.8 Å². The van der Waals surface area contributed by atoms with Crippen LogP contribution in [0.3, 0.4) is 0 Å². The second kappa shape index (κ2) is 7.71. The third kappa shape index (κ3) is 3.88. The average Bonchev–Trinajstić information content (AvgIpc) is 3.32. The Hall–Kier alpha value is -2.00. The summed E-state index contributed by atoms with van der Waals surface area (Å²) in [4.78, 5) is 17.1. The molecule has 9 heteroatoms. The molecule has 2 aliphatic rings. The highest BCUT2D eigenvalue weighted by Gasteiger charge is 2.27. The predicted molar refractivity (Wildman–Crippen MR) is 102 cm³/mol. The first-order chi connectivity index (χ1) is 12.7. The van der Waals surface area contributed by atoms with Crippen molar-refractivity contribution in [2.75, 3.05) is 36.4 Å². The topological polar surface area (TPSA) is 79.2 Å². The second-order valence-corrected chi connectivity index (χ2v) is 8.02. The number of aromatic nitrogens is 4. The van der Waals surface area contributed by atoms with Gasteiger partial charge in [-0.05, 0) is 38.8 Å². The van der Waals surface area contributed by atoms with E-state index < -0.39 is 0 Å². The number of hydrogen-bond acceptors (Lipinski definition) is 7. The Bertz CT molecular complexity index is 744. The van der Waals surface area contributed by atoms with Crippen molar-refractivity contribution in [3.05, 3.63) is 18.0 Å². The Morgan fingerprint density at radius 1 is 1.15 bits per heavy atom. The maximum atomic E-state index is 12.2. The van der Waals surface area contributed by atoms with E-state index in [1.807, 2.05) is 0 Å². The molecule has 0 radical (unpaired) electrons. The van der Waals surface area contributed by atoms with Crippen molar-refractivity contribution >= 4 is 27.5 Å². The van der Waals surface area contributed by atoms with Crippen LogP contribution in [0.25, 0.3) is 0 Å². The first-order valence-electron chi connectivity index (χ1n) is 9.31. The third-order valence-corrected chi connectivity index (χ3v) is 6.14. The fourth-order valence-corrected chi connectivity index (χ4v) is 4.60. The number of nitrogens with zero attached hydrogens (tertiary/aromatic N) is 6. The van der Waals surface area contributed by atoms with Crippen LogP contribution in [-0.2, 0) is 7.05 Å². The van der Waals surface area contributed by atoms with Crippen LogP contribution >= 0.6 is 11.3 Å². The maximum absolute atomic E-state index is 12.2. The lowest BCUT2D eigenvalue weighted by Crippen LogP contribution is -2.46. The van der Waals surface area contributed by atoms with E-state index >= 15 is 0 Å². The third-order valence-electron chi connectivity index (χ3n) is 5.24. The summed E-state index contributed by atoms with van der Waals surface area (Å²) in [5, 5.41) is 16.7. The maximum Gasteiger partial charge on any atom is 0.260 e. The quantitative estimate of drug-likeness (QED) is 0.880. The fraction of sp³-hybridized carbons (Fsp3) is 0.647. The van der Waals surface area contributed by atoms with Crippen LogP contribution in [0.2, 0.25) is 0 Å². The molecule has 0 bridgehead atoms. The molecule has 0 unspecified atom stereocenters. The number of likely N-dealkylation sites (tertiary alicyclic amines) is 1. The molecule has 2 saturated heterocycles. The molecule has 2 fully saturated rings. The number of nitrogens with one attached hydrogen (secondary N) is 1. The molecule has 1 amide bonds. The number of rotatable bonds is 4. The Morgan fingerprint density at radius 2 is 1.92 bits per heavy atom. The first-order valence-corrected chi connectivity index (χ1v) is 10.1. The molecule has 2 aromatic rings. The molecule has 0 aromatic carbocycles. The summed E-state index contributed by atoms with van der Waals surface area (Å²) >= 11 is 1.44. The van der Waals surface area contributed by atoms with Crippen molar-refractivity contribution in [1.82, 2.24) is 24.9 Å². The fourth-order valence-electron chi connectivity index (χ4n) is 3.81. The largest absolute Gasteiger partial charge is 0.346 e. The minimum atomic E-state index is -0.204. The van der Waals surface area contributed by atoms with Gasteiger partial charge in [0.1, 0.15) is 0 Å². The molecule has 2 aromatic heterocycles. The Morgan fingerprint density at radius 3 is 2.62 bits per heavy atom. The number of carbonyl (C=O) groups is 1. The van der Waals surface area contributed by atoms with Crippen LogP contribution < -0.4 is 10.2 Å². The summed E-state index contributed by atoms with van der Waals surface area (Å²) < 4.78 is 1.60. The molecule has 0 atom stereocenters. The molecule has 0 aliphatic carbocycles. The molecular formula is C17H25N7OS. The van der Waals surface area contributed by atoms with Crippen molar-refractivity contribution in [3.63, 3.8) is 0 Å². The van der Waals surface area contributed by atoms with E-state index in [0.717, 1.165) is 18.2 Å². The van der Waals surface area contributed by atoms with Crippen LogP contribution in [0, 0.1) is 0 Å². The van der Waals surface area contributed by atoms with Crippen LogP contribution in [0.15, 0.2) is 12.4 Å². The van der Waals surface area contributed by atoms with Gasteiger partial charge in [-0.1, -0.05) is 17.8 Å². The van der Waals surface area contributed by atoms with E-state index in [2.05, 4.69) is 30.4 Å². The van der Waals surface area contributed by atoms with Crippen LogP contribution in [0.5, 0.6) is 0 Å². The minimum Gasteiger partial charge on any atom is -0.346 e. The van der Waals surface area contributed by atoms with E-state index in [-0.39, 0.29) is 5.91 Å². The van der Waals surface area contributed by atoms with Gasteiger partial charge in [0.2, 0.25) is 10.3 Å². The summed E-state index contributed by atoms with van der Waals surface area (Å²) in [7, 11) is 1.79. The van der Waals surface area contributed by atoms with Gasteiger partial charge in [-0.25, -0.2) is 0 Å². The molecular weight excluding hydrogens is 350 g/mol. The van der Waals surface area contributed by atoms with E-state index in [1.165, 1.54) is 56.5 Å². The first kappa shape index (κ1) is 17.4. The highest BCUT2D eigenvalue weighted by molar-refractivity contribution is 7.19. The number of amides is 1. The molecule has 2 aliphatic heterocycles. The summed E-state index contributed by atoms with van der Waals surface area (Å²) in [6, 6.07) is 0.712. The average molecular weight is 376 g/mol. The highest BCUT2D eigenvalue weighted by atomic mass is 32.1. The summed E-state index contributed by atoms with van der Waals surface area (Å²) in [5.41, 5.74) is 0.520. The lowest BCUT2D eigenvalue weighted by molar-refractivity contribution is 0.102. The lowest BCUT2D eigenvalue weighted by atomic mass is 10.0. The zero-order chi connectivity index (χ0) is 17.9. The van der Waals surface area contributed by atoms with Crippen molar-refractivity contribution in [1.29, 1.82) is 0 Å². The van der Waals surface area contributed by atoms with Gasteiger partial charge in [0, 0.05) is 32.4 Å². The summed E-state index contributed by atoms with van der Waals surface area (Å²) in [6.07, 6.45) is 9.65. The smallest absolute Gasteiger partial charge is 0.260 e. The minimum absolute atomic E-state index is 0.204. The van der Waals surface area contributed by atoms with Gasteiger partial charge < -0.3 is 9.80 Å². The number of aryl methyl sites for hydroxylation is 1. The molecule has 0 spiro atoms. The summed E-state index contributed by atoms with van der Waals surface area (Å²) in [6.45, 7) is 4.53. The molecule has 0 saturated carbocycles. The number of anilines is 2. The molecule has 4 heterocycles. The molecule has 8 nitrogen and oxygen atoms in total. The Labute approximate surface area is 157 Å². The molecule has 1 N–H and O–H groups in total. The predicted octanol–water partition coefficient (Wildman–Crippen LogP) is 1.98. The van der Waals surface area contributed by atoms with Crippen LogP contribution in [0.1, 0.15) is 42.5 Å². The second-order valence-electron chi connectivity index (χ2n) is 7.06. The van der Waals surface area contributed by atoms with Gasteiger partial charge in [0.15, 0.2) is 0 Å². The van der Waals surface area contributed by atoms with E-state index in [4.69, 9.17) is 0 Å². The molecule has 26 heavy (non-hydrogen) atoms.